The van der Waals surface area contributed by atoms with Crippen molar-refractivity contribution in [1.82, 2.24) is 9.88 Å². The Labute approximate surface area is 159 Å². The number of amides is 1. The fraction of sp³-hybridized carbons (Fsp3) is 0.400. The van der Waals surface area contributed by atoms with E-state index in [1.807, 2.05) is 25.1 Å². The van der Waals surface area contributed by atoms with Gasteiger partial charge in [0.15, 0.2) is 0 Å². The first-order valence-corrected chi connectivity index (χ1v) is 9.08. The molecule has 0 saturated heterocycles. The lowest BCUT2D eigenvalue weighted by Gasteiger charge is -2.31. The van der Waals surface area contributed by atoms with Gasteiger partial charge in [-0.3, -0.25) is 9.59 Å². The molecule has 1 aromatic heterocycles. The molecule has 1 aromatic carbocycles. The molecular formula is C20H26ClN3O2. The summed E-state index contributed by atoms with van der Waals surface area (Å²) in [7, 11) is 0. The molecule has 5 nitrogen and oxygen atoms in total. The molecule has 2 aromatic rings. The van der Waals surface area contributed by atoms with Gasteiger partial charge in [-0.05, 0) is 37.0 Å². The monoisotopic (exact) mass is 375 g/mol. The number of nitrogens with two attached hydrogens (primary N) is 1. The van der Waals surface area contributed by atoms with Crippen LogP contribution in [0.5, 0.6) is 0 Å². The zero-order valence-electron chi connectivity index (χ0n) is 15.5. The topological polar surface area (TPSA) is 77.1 Å². The van der Waals surface area contributed by atoms with E-state index in [2.05, 4.69) is 19.2 Å². The highest BCUT2D eigenvalue weighted by molar-refractivity contribution is 6.31. The highest BCUT2D eigenvalue weighted by Gasteiger charge is 2.26. The van der Waals surface area contributed by atoms with Crippen molar-refractivity contribution in [1.29, 1.82) is 0 Å². The van der Waals surface area contributed by atoms with Crippen molar-refractivity contribution in [2.75, 3.05) is 6.54 Å². The summed E-state index contributed by atoms with van der Waals surface area (Å²) in [6, 6.07) is 10.3. The molecular weight excluding hydrogens is 350 g/mol. The largest absolute Gasteiger partial charge is 0.346 e. The summed E-state index contributed by atoms with van der Waals surface area (Å²) >= 11 is 6.17. The average molecular weight is 376 g/mol. The summed E-state index contributed by atoms with van der Waals surface area (Å²) < 4.78 is 1.48. The van der Waals surface area contributed by atoms with Gasteiger partial charge in [-0.2, -0.15) is 0 Å². The number of nitrogens with one attached hydrogen (secondary N) is 1. The maximum absolute atomic E-state index is 12.7. The van der Waals surface area contributed by atoms with E-state index in [-0.39, 0.29) is 11.5 Å². The van der Waals surface area contributed by atoms with Crippen LogP contribution >= 0.6 is 11.6 Å². The van der Waals surface area contributed by atoms with Gasteiger partial charge in [-0.25, -0.2) is 0 Å². The van der Waals surface area contributed by atoms with Crippen molar-refractivity contribution in [2.24, 2.45) is 11.7 Å². The Morgan fingerprint density at radius 2 is 1.96 bits per heavy atom. The molecule has 26 heavy (non-hydrogen) atoms. The molecule has 2 rings (SSSR count). The molecule has 6 heteroatoms. The molecule has 1 atom stereocenters. The standard InChI is InChI=1S/C20H26ClN3O2/c1-14(2)10-20(3,13-22)23-19(26)16-8-9-18(25)24(12-16)11-15-6-4-5-7-17(15)21/h4-9,12,14H,10-11,13,22H2,1-3H3,(H,23,26). The number of hydrogen-bond donors (Lipinski definition) is 2. The van der Waals surface area contributed by atoms with Crippen LogP contribution in [0.2, 0.25) is 5.02 Å². The van der Waals surface area contributed by atoms with Gasteiger partial charge in [-0.1, -0.05) is 43.6 Å². The number of carbonyl (C=O) groups is 1. The highest BCUT2D eigenvalue weighted by atomic mass is 35.5. The van der Waals surface area contributed by atoms with E-state index >= 15 is 0 Å². The first-order chi connectivity index (χ1) is 12.2. The number of aromatic nitrogens is 1. The third kappa shape index (κ3) is 5.19. The second-order valence-corrected chi connectivity index (χ2v) is 7.70. The van der Waals surface area contributed by atoms with Crippen LogP contribution < -0.4 is 16.6 Å². The highest BCUT2D eigenvalue weighted by Crippen LogP contribution is 2.17. The lowest BCUT2D eigenvalue weighted by molar-refractivity contribution is 0.0897. The molecule has 0 radical (unpaired) electrons. The van der Waals surface area contributed by atoms with Crippen LogP contribution in [-0.4, -0.2) is 22.6 Å². The minimum Gasteiger partial charge on any atom is -0.346 e. The third-order valence-electron chi connectivity index (χ3n) is 4.27. The minimum absolute atomic E-state index is 0.190. The Morgan fingerprint density at radius 3 is 2.58 bits per heavy atom. The molecule has 3 N–H and O–H groups in total. The molecule has 0 saturated carbocycles. The number of carbonyl (C=O) groups excluding carboxylic acids is 1. The first-order valence-electron chi connectivity index (χ1n) is 8.70. The fourth-order valence-electron chi connectivity index (χ4n) is 3.03. The normalized spacial score (nSPS) is 13.5. The molecule has 1 unspecified atom stereocenters. The zero-order chi connectivity index (χ0) is 19.3. The Kier molecular flexibility index (Phi) is 6.62. The molecule has 0 aliphatic rings. The maximum Gasteiger partial charge on any atom is 0.253 e. The Balaban J connectivity index is 2.24. The fourth-order valence-corrected chi connectivity index (χ4v) is 3.23. The number of hydrogen-bond acceptors (Lipinski definition) is 3. The smallest absolute Gasteiger partial charge is 0.253 e. The van der Waals surface area contributed by atoms with Crippen molar-refractivity contribution in [3.05, 3.63) is 69.1 Å². The van der Waals surface area contributed by atoms with Gasteiger partial charge in [0, 0.05) is 29.4 Å². The van der Waals surface area contributed by atoms with E-state index in [1.54, 1.807) is 12.3 Å². The SMILES string of the molecule is CC(C)CC(C)(CN)NC(=O)c1ccc(=O)n(Cc2ccccc2Cl)c1. The average Bonchev–Trinajstić information content (AvgIpc) is 2.58. The Bertz CT molecular complexity index is 832. The number of halogens is 1. The zero-order valence-corrected chi connectivity index (χ0v) is 16.2. The summed E-state index contributed by atoms with van der Waals surface area (Å²) in [5, 5.41) is 3.59. The summed E-state index contributed by atoms with van der Waals surface area (Å²) in [5.74, 6) is 0.157. The molecule has 0 bridgehead atoms. The van der Waals surface area contributed by atoms with Crippen LogP contribution in [0.4, 0.5) is 0 Å². The Hall–Kier alpha value is -2.11. The van der Waals surface area contributed by atoms with E-state index in [4.69, 9.17) is 17.3 Å². The van der Waals surface area contributed by atoms with Crippen LogP contribution in [0.1, 0.15) is 43.1 Å². The van der Waals surface area contributed by atoms with Crippen molar-refractivity contribution >= 4 is 17.5 Å². The minimum atomic E-state index is -0.491. The molecule has 0 aliphatic heterocycles. The number of nitrogens with zero attached hydrogens (tertiary/aromatic N) is 1. The van der Waals surface area contributed by atoms with E-state index in [0.717, 1.165) is 12.0 Å². The van der Waals surface area contributed by atoms with Crippen molar-refractivity contribution in [2.45, 2.75) is 39.3 Å². The van der Waals surface area contributed by atoms with Crippen LogP contribution in [0, 0.1) is 5.92 Å². The van der Waals surface area contributed by atoms with Gasteiger partial charge in [0.2, 0.25) is 0 Å². The lowest BCUT2D eigenvalue weighted by atomic mass is 9.90. The first kappa shape index (κ1) is 20.2. The number of pyridine rings is 1. The third-order valence-corrected chi connectivity index (χ3v) is 4.64. The molecule has 0 spiro atoms. The predicted molar refractivity (Wildman–Crippen MR) is 106 cm³/mol. The maximum atomic E-state index is 12.7. The van der Waals surface area contributed by atoms with E-state index in [9.17, 15) is 9.59 Å². The van der Waals surface area contributed by atoms with Crippen molar-refractivity contribution in [3.63, 3.8) is 0 Å². The second kappa shape index (κ2) is 8.52. The van der Waals surface area contributed by atoms with Crippen LogP contribution in [0.15, 0.2) is 47.4 Å². The second-order valence-electron chi connectivity index (χ2n) is 7.29. The van der Waals surface area contributed by atoms with Crippen LogP contribution in [0.25, 0.3) is 0 Å². The van der Waals surface area contributed by atoms with E-state index in [1.165, 1.54) is 16.7 Å². The van der Waals surface area contributed by atoms with Gasteiger partial charge >= 0.3 is 0 Å². The lowest BCUT2D eigenvalue weighted by Crippen LogP contribution is -2.52. The summed E-state index contributed by atoms with van der Waals surface area (Å²) in [6.45, 7) is 6.76. The van der Waals surface area contributed by atoms with Crippen molar-refractivity contribution in [3.8, 4) is 0 Å². The van der Waals surface area contributed by atoms with Gasteiger partial charge in [0.05, 0.1) is 12.1 Å². The summed E-state index contributed by atoms with van der Waals surface area (Å²) in [6.07, 6.45) is 2.34. The molecule has 1 amide bonds. The van der Waals surface area contributed by atoms with Crippen molar-refractivity contribution < 1.29 is 4.79 Å². The quantitative estimate of drug-likeness (QED) is 0.780. The van der Waals surface area contributed by atoms with Gasteiger partial charge in [0.1, 0.15) is 0 Å². The van der Waals surface area contributed by atoms with Crippen LogP contribution in [-0.2, 0) is 6.54 Å². The summed E-state index contributed by atoms with van der Waals surface area (Å²) in [5.41, 5.74) is 6.43. The van der Waals surface area contributed by atoms with Gasteiger partial charge in [-0.15, -0.1) is 0 Å². The van der Waals surface area contributed by atoms with E-state index < -0.39 is 5.54 Å². The molecule has 0 aliphatic carbocycles. The number of benzene rings is 1. The van der Waals surface area contributed by atoms with Crippen LogP contribution in [0.3, 0.4) is 0 Å². The van der Waals surface area contributed by atoms with Gasteiger partial charge in [0.25, 0.3) is 11.5 Å². The Morgan fingerprint density at radius 1 is 1.27 bits per heavy atom. The molecule has 0 fully saturated rings. The van der Waals surface area contributed by atoms with E-state index in [0.29, 0.717) is 29.6 Å². The molecule has 1 heterocycles. The predicted octanol–water partition coefficient (Wildman–Crippen LogP) is 3.04. The van der Waals surface area contributed by atoms with Gasteiger partial charge < -0.3 is 15.6 Å². The molecule has 140 valence electrons. The summed E-state index contributed by atoms with van der Waals surface area (Å²) in [4.78, 5) is 24.8. The number of rotatable bonds is 7.